The first-order valence-corrected chi connectivity index (χ1v) is 16.1. The van der Waals surface area contributed by atoms with Crippen LogP contribution in [0.3, 0.4) is 0 Å². The van der Waals surface area contributed by atoms with Gasteiger partial charge in [0.05, 0.1) is 36.0 Å². The molecule has 1 aliphatic heterocycles. The highest BCUT2D eigenvalue weighted by molar-refractivity contribution is 9.11. The lowest BCUT2D eigenvalue weighted by atomic mass is 9.95. The van der Waals surface area contributed by atoms with Crippen molar-refractivity contribution in [2.45, 2.75) is 32.7 Å². The first-order valence-electron chi connectivity index (χ1n) is 13.7. The number of carbonyl (C=O) groups excluding carboxylic acids is 2. The summed E-state index contributed by atoms with van der Waals surface area (Å²) in [6, 6.07) is 15.4. The predicted octanol–water partition coefficient (Wildman–Crippen LogP) is 6.07. The number of nitrogens with one attached hydrogen (secondary N) is 3. The van der Waals surface area contributed by atoms with E-state index in [2.05, 4.69) is 69.0 Å². The van der Waals surface area contributed by atoms with Crippen LogP contribution in [-0.4, -0.2) is 49.9 Å². The molecule has 11 nitrogen and oxygen atoms in total. The van der Waals surface area contributed by atoms with Gasteiger partial charge in [-0.25, -0.2) is 9.59 Å². The third-order valence-corrected chi connectivity index (χ3v) is 8.01. The molecular weight excluding hydrogens is 780 g/mol. The third-order valence-electron chi connectivity index (χ3n) is 6.43. The Bertz CT molecular complexity index is 1600. The minimum atomic E-state index is -1.17. The zero-order valence-corrected chi connectivity index (χ0v) is 29.3. The molecule has 4 N–H and O–H groups in total. The summed E-state index contributed by atoms with van der Waals surface area (Å²) in [5.41, 5.74) is 5.56. The van der Waals surface area contributed by atoms with E-state index in [1.54, 1.807) is 25.1 Å². The Balaban J connectivity index is 1.42. The third kappa shape index (κ3) is 9.22. The second-order valence-electron chi connectivity index (χ2n) is 9.64. The van der Waals surface area contributed by atoms with Crippen molar-refractivity contribution in [3.05, 3.63) is 96.0 Å². The van der Waals surface area contributed by atoms with E-state index in [9.17, 15) is 14.7 Å². The van der Waals surface area contributed by atoms with Crippen molar-refractivity contribution in [2.24, 2.45) is 5.10 Å². The molecule has 45 heavy (non-hydrogen) atoms. The van der Waals surface area contributed by atoms with Crippen LogP contribution in [0.1, 0.15) is 36.6 Å². The number of hydrogen-bond donors (Lipinski definition) is 4. The van der Waals surface area contributed by atoms with E-state index in [0.717, 1.165) is 19.0 Å². The minimum Gasteiger partial charge on any atom is -0.490 e. The molecule has 0 saturated carbocycles. The highest BCUT2D eigenvalue weighted by Crippen LogP contribution is 2.35. The summed E-state index contributed by atoms with van der Waals surface area (Å²) in [4.78, 5) is 24.6. The predicted molar refractivity (Wildman–Crippen MR) is 179 cm³/mol. The molecule has 0 spiro atoms. The van der Waals surface area contributed by atoms with Crippen molar-refractivity contribution in [3.8, 4) is 17.2 Å². The van der Waals surface area contributed by atoms with Crippen molar-refractivity contribution in [1.82, 2.24) is 16.1 Å². The molecular formula is C31H31Br3N4O7. The summed E-state index contributed by atoms with van der Waals surface area (Å²) in [6.45, 7) is 3.96. The fourth-order valence-corrected chi connectivity index (χ4v) is 6.02. The number of nitrogens with zero attached hydrogens (tertiary/aromatic N) is 1. The van der Waals surface area contributed by atoms with Gasteiger partial charge in [-0.05, 0) is 77.3 Å². The Labute approximate surface area is 285 Å². The lowest BCUT2D eigenvalue weighted by molar-refractivity contribution is -0.136. The number of allylic oxidation sites excluding steroid dienone is 1. The van der Waals surface area contributed by atoms with Gasteiger partial charge in [0.25, 0.3) is 0 Å². The normalized spacial score (nSPS) is 15.3. The maximum absolute atomic E-state index is 12.5. The largest absolute Gasteiger partial charge is 0.490 e. The van der Waals surface area contributed by atoms with Crippen LogP contribution in [0.25, 0.3) is 0 Å². The number of carbonyl (C=O) groups is 2. The van der Waals surface area contributed by atoms with Crippen LogP contribution >= 0.6 is 47.8 Å². The molecule has 0 unspecified atom stereocenters. The highest BCUT2D eigenvalue weighted by atomic mass is 79.9. The van der Waals surface area contributed by atoms with Gasteiger partial charge < -0.3 is 34.7 Å². The van der Waals surface area contributed by atoms with Crippen molar-refractivity contribution in [2.75, 3.05) is 20.3 Å². The molecule has 0 aliphatic carbocycles. The average Bonchev–Trinajstić information content (AvgIpc) is 3.00. The van der Waals surface area contributed by atoms with Gasteiger partial charge in [0.15, 0.2) is 17.7 Å². The van der Waals surface area contributed by atoms with Crippen LogP contribution in [0.15, 0.2) is 84.4 Å². The number of hydrogen-bond acceptors (Lipinski definition) is 9. The number of amides is 2. The van der Waals surface area contributed by atoms with Gasteiger partial charge in [0, 0.05) is 20.2 Å². The summed E-state index contributed by atoms with van der Waals surface area (Å²) >= 11 is 10.5. The number of esters is 1. The minimum absolute atomic E-state index is 0.164. The lowest BCUT2D eigenvalue weighted by Crippen LogP contribution is -2.45. The molecule has 2 amide bonds. The summed E-state index contributed by atoms with van der Waals surface area (Å²) in [5, 5.41) is 20.1. The Morgan fingerprint density at radius 1 is 1.04 bits per heavy atom. The molecule has 4 rings (SSSR count). The molecule has 0 radical (unpaired) electrons. The molecule has 0 fully saturated rings. The maximum atomic E-state index is 12.5. The van der Waals surface area contributed by atoms with Crippen LogP contribution in [0.4, 0.5) is 4.79 Å². The molecule has 0 saturated heterocycles. The molecule has 0 aromatic heterocycles. The first kappa shape index (κ1) is 34.3. The Hall–Kier alpha value is -3.59. The van der Waals surface area contributed by atoms with E-state index in [4.69, 9.17) is 18.9 Å². The Morgan fingerprint density at radius 2 is 1.80 bits per heavy atom. The molecule has 3 aromatic carbocycles. The summed E-state index contributed by atoms with van der Waals surface area (Å²) in [7, 11) is 1.28. The quantitative estimate of drug-likeness (QED) is 0.0707. The van der Waals surface area contributed by atoms with Crippen molar-refractivity contribution in [1.29, 1.82) is 0 Å². The van der Waals surface area contributed by atoms with Crippen molar-refractivity contribution >= 4 is 66.0 Å². The van der Waals surface area contributed by atoms with Crippen LogP contribution in [0.2, 0.25) is 0 Å². The summed E-state index contributed by atoms with van der Waals surface area (Å²) < 4.78 is 25.1. The summed E-state index contributed by atoms with van der Waals surface area (Å²) in [6.07, 6.45) is 0.371. The van der Waals surface area contributed by atoms with E-state index in [0.29, 0.717) is 47.3 Å². The molecule has 1 aliphatic rings. The van der Waals surface area contributed by atoms with Crippen LogP contribution in [-0.2, 0) is 16.1 Å². The highest BCUT2D eigenvalue weighted by Gasteiger charge is 2.32. The number of aliphatic hydroxyl groups excluding tert-OH is 1. The van der Waals surface area contributed by atoms with Crippen LogP contribution in [0.5, 0.6) is 17.2 Å². The van der Waals surface area contributed by atoms with E-state index >= 15 is 0 Å². The molecule has 3 aromatic rings. The number of ether oxygens (including phenoxy) is 4. The van der Waals surface area contributed by atoms with Gasteiger partial charge in [0.2, 0.25) is 0 Å². The van der Waals surface area contributed by atoms with Gasteiger partial charge >= 0.3 is 12.0 Å². The number of rotatable bonds is 13. The second-order valence-corrected chi connectivity index (χ2v) is 12.3. The number of benzene rings is 3. The van der Waals surface area contributed by atoms with Gasteiger partial charge in [0.1, 0.15) is 19.0 Å². The SMILES string of the molecule is CCOc1cc([C@H]2NC(=O)NC(C)=C2C(=O)OC)ccc1OC[C@@H](O)N/N=C/c1cc(Br)cc(Br)c1OCc1ccc(Br)cc1. The summed E-state index contributed by atoms with van der Waals surface area (Å²) in [5.74, 6) is 0.734. The Morgan fingerprint density at radius 3 is 2.51 bits per heavy atom. The molecule has 0 bridgehead atoms. The first-order chi connectivity index (χ1) is 21.6. The van der Waals surface area contributed by atoms with Crippen molar-refractivity contribution < 1.29 is 33.6 Å². The monoisotopic (exact) mass is 808 g/mol. The fourth-order valence-electron chi connectivity index (χ4n) is 4.38. The van der Waals surface area contributed by atoms with Crippen LogP contribution in [0, 0.1) is 0 Å². The van der Waals surface area contributed by atoms with Gasteiger partial charge in [-0.3, -0.25) is 5.43 Å². The van der Waals surface area contributed by atoms with E-state index in [-0.39, 0.29) is 12.2 Å². The maximum Gasteiger partial charge on any atom is 0.337 e. The number of hydrazone groups is 1. The van der Waals surface area contributed by atoms with E-state index in [1.807, 2.05) is 43.3 Å². The van der Waals surface area contributed by atoms with E-state index in [1.165, 1.54) is 13.3 Å². The number of urea groups is 1. The number of halogens is 3. The van der Waals surface area contributed by atoms with Gasteiger partial charge in [-0.15, -0.1) is 0 Å². The average molecular weight is 811 g/mol. The second kappa shape index (κ2) is 16.1. The molecule has 14 heteroatoms. The zero-order valence-electron chi connectivity index (χ0n) is 24.5. The fraction of sp³-hybridized carbons (Fsp3) is 0.258. The molecule has 238 valence electrons. The smallest absolute Gasteiger partial charge is 0.337 e. The van der Waals surface area contributed by atoms with Gasteiger partial charge in [-0.1, -0.05) is 50.1 Å². The van der Waals surface area contributed by atoms with Crippen LogP contribution < -0.4 is 30.3 Å². The topological polar surface area (TPSA) is 140 Å². The Kier molecular flexibility index (Phi) is 12.3. The standard InChI is InChI=1S/C31H31Br3N4O7/c1-4-43-25-12-19(28-27(30(40)42-3)17(2)36-31(41)37-28)7-10-24(25)44-16-26(39)38-35-14-20-11-22(33)13-23(34)29(20)45-15-18-5-8-21(32)9-6-18/h5-14,26,28,38-39H,4,15-16H2,1-3H3,(H2,36,37,41)/b35-14+/t26-,28-/m1/s1. The lowest BCUT2D eigenvalue weighted by Gasteiger charge is -2.28. The molecule has 2 atom stereocenters. The number of aliphatic hydroxyl groups is 1. The van der Waals surface area contributed by atoms with Crippen molar-refractivity contribution in [3.63, 3.8) is 0 Å². The van der Waals surface area contributed by atoms with Gasteiger partial charge in [-0.2, -0.15) is 5.10 Å². The molecule has 1 heterocycles. The zero-order chi connectivity index (χ0) is 32.5. The van der Waals surface area contributed by atoms with E-state index < -0.39 is 24.3 Å². The number of methoxy groups -OCH3 is 1.